The van der Waals surface area contributed by atoms with E-state index < -0.39 is 0 Å². The monoisotopic (exact) mass is 221 g/mol. The Labute approximate surface area is 93.5 Å². The number of aryl methyl sites for hydroxylation is 2. The Hall–Kier alpha value is -1.13. The van der Waals surface area contributed by atoms with Crippen molar-refractivity contribution in [2.45, 2.75) is 19.4 Å². The lowest BCUT2D eigenvalue weighted by Crippen LogP contribution is -2.13. The topological polar surface area (TPSA) is 43.8 Å². The molecule has 0 saturated heterocycles. The van der Waals surface area contributed by atoms with E-state index in [1.54, 1.807) is 16.0 Å². The van der Waals surface area contributed by atoms with Crippen LogP contribution in [0.25, 0.3) is 0 Å². The summed E-state index contributed by atoms with van der Waals surface area (Å²) in [4.78, 5) is 1.23. The van der Waals surface area contributed by atoms with Crippen molar-refractivity contribution in [2.24, 2.45) is 12.8 Å². The van der Waals surface area contributed by atoms with E-state index in [1.165, 1.54) is 10.4 Å². The predicted molar refractivity (Wildman–Crippen MR) is 62.9 cm³/mol. The molecule has 0 aliphatic rings. The highest BCUT2D eigenvalue weighted by molar-refractivity contribution is 7.10. The Morgan fingerprint density at radius 1 is 1.53 bits per heavy atom. The molecule has 0 bridgehead atoms. The third-order valence-electron chi connectivity index (χ3n) is 2.50. The zero-order chi connectivity index (χ0) is 10.8. The summed E-state index contributed by atoms with van der Waals surface area (Å²) in [5, 5.41) is 6.43. The van der Waals surface area contributed by atoms with Crippen molar-refractivity contribution in [1.29, 1.82) is 0 Å². The molecule has 80 valence electrons. The van der Waals surface area contributed by atoms with Gasteiger partial charge in [-0.1, -0.05) is 6.92 Å². The van der Waals surface area contributed by atoms with Gasteiger partial charge in [-0.3, -0.25) is 4.68 Å². The molecule has 0 saturated carbocycles. The number of rotatable bonds is 3. The molecule has 3 nitrogen and oxygen atoms in total. The van der Waals surface area contributed by atoms with Crippen LogP contribution >= 0.6 is 11.3 Å². The fourth-order valence-electron chi connectivity index (χ4n) is 1.65. The van der Waals surface area contributed by atoms with Crippen LogP contribution < -0.4 is 5.73 Å². The van der Waals surface area contributed by atoms with Crippen LogP contribution in [0.1, 0.15) is 29.1 Å². The van der Waals surface area contributed by atoms with Crippen molar-refractivity contribution in [3.63, 3.8) is 0 Å². The van der Waals surface area contributed by atoms with Gasteiger partial charge in [-0.2, -0.15) is 5.10 Å². The zero-order valence-corrected chi connectivity index (χ0v) is 9.79. The summed E-state index contributed by atoms with van der Waals surface area (Å²) < 4.78 is 1.79. The molecule has 15 heavy (non-hydrogen) atoms. The first-order valence-corrected chi connectivity index (χ1v) is 5.91. The van der Waals surface area contributed by atoms with E-state index in [4.69, 9.17) is 5.73 Å². The second kappa shape index (κ2) is 4.16. The number of nitrogens with zero attached hydrogens (tertiary/aromatic N) is 2. The van der Waals surface area contributed by atoms with Crippen LogP contribution in [0.3, 0.4) is 0 Å². The number of hydrogen-bond acceptors (Lipinski definition) is 3. The van der Waals surface area contributed by atoms with Gasteiger partial charge < -0.3 is 5.73 Å². The van der Waals surface area contributed by atoms with Gasteiger partial charge in [-0.15, -0.1) is 11.3 Å². The quantitative estimate of drug-likeness (QED) is 0.862. The zero-order valence-electron chi connectivity index (χ0n) is 8.97. The lowest BCUT2D eigenvalue weighted by atomic mass is 10.1. The van der Waals surface area contributed by atoms with Gasteiger partial charge in [-0.25, -0.2) is 0 Å². The number of thiophene rings is 1. The van der Waals surface area contributed by atoms with Crippen molar-refractivity contribution in [3.05, 3.63) is 39.8 Å². The number of aromatic nitrogens is 2. The molecule has 2 aromatic heterocycles. The van der Waals surface area contributed by atoms with Crippen molar-refractivity contribution in [3.8, 4) is 0 Å². The normalized spacial score (nSPS) is 13.0. The SMILES string of the molecule is CCc1ccsc1C(N)c1ccn(C)n1. The molecule has 0 aliphatic heterocycles. The molecule has 0 radical (unpaired) electrons. The van der Waals surface area contributed by atoms with Crippen LogP contribution in [-0.4, -0.2) is 9.78 Å². The van der Waals surface area contributed by atoms with Crippen LogP contribution in [0, 0.1) is 0 Å². The molecule has 1 unspecified atom stereocenters. The summed E-state index contributed by atoms with van der Waals surface area (Å²) in [7, 11) is 1.91. The summed E-state index contributed by atoms with van der Waals surface area (Å²) >= 11 is 1.71. The highest BCUT2D eigenvalue weighted by atomic mass is 32.1. The van der Waals surface area contributed by atoms with Gasteiger partial charge in [0.1, 0.15) is 0 Å². The first kappa shape index (κ1) is 10.4. The van der Waals surface area contributed by atoms with Crippen molar-refractivity contribution in [1.82, 2.24) is 9.78 Å². The smallest absolute Gasteiger partial charge is 0.0845 e. The van der Waals surface area contributed by atoms with Crippen LogP contribution in [-0.2, 0) is 13.5 Å². The average Bonchev–Trinajstić information content (AvgIpc) is 2.84. The highest BCUT2D eigenvalue weighted by Crippen LogP contribution is 2.27. The molecule has 0 fully saturated rings. The fraction of sp³-hybridized carbons (Fsp3) is 0.364. The molecule has 0 aromatic carbocycles. The average molecular weight is 221 g/mol. The molecule has 2 aromatic rings. The maximum absolute atomic E-state index is 6.19. The lowest BCUT2D eigenvalue weighted by molar-refractivity contribution is 0.717. The molecule has 0 amide bonds. The maximum Gasteiger partial charge on any atom is 0.0845 e. The molecule has 2 N–H and O–H groups in total. The van der Waals surface area contributed by atoms with E-state index in [0.717, 1.165) is 12.1 Å². The minimum atomic E-state index is -0.0823. The highest BCUT2D eigenvalue weighted by Gasteiger charge is 2.15. The van der Waals surface area contributed by atoms with Crippen molar-refractivity contribution in [2.75, 3.05) is 0 Å². The Morgan fingerprint density at radius 3 is 2.93 bits per heavy atom. The maximum atomic E-state index is 6.19. The first-order chi connectivity index (χ1) is 7.22. The second-order valence-corrected chi connectivity index (χ2v) is 4.50. The van der Waals surface area contributed by atoms with Gasteiger partial charge in [0.2, 0.25) is 0 Å². The van der Waals surface area contributed by atoms with E-state index in [0.29, 0.717) is 0 Å². The number of nitrogens with two attached hydrogens (primary N) is 1. The van der Waals surface area contributed by atoms with Crippen LogP contribution in [0.5, 0.6) is 0 Å². The summed E-state index contributed by atoms with van der Waals surface area (Å²) in [6.07, 6.45) is 2.95. The van der Waals surface area contributed by atoms with Gasteiger partial charge in [0.05, 0.1) is 11.7 Å². The summed E-state index contributed by atoms with van der Waals surface area (Å²) in [5.41, 5.74) is 8.46. The first-order valence-electron chi connectivity index (χ1n) is 5.03. The van der Waals surface area contributed by atoms with E-state index >= 15 is 0 Å². The minimum Gasteiger partial charge on any atom is -0.318 e. The summed E-state index contributed by atoms with van der Waals surface area (Å²) in [6, 6.07) is 4.04. The Morgan fingerprint density at radius 2 is 2.33 bits per heavy atom. The third-order valence-corrected chi connectivity index (χ3v) is 3.54. The Balaban J connectivity index is 2.31. The molecular weight excluding hydrogens is 206 g/mol. The van der Waals surface area contributed by atoms with Crippen LogP contribution in [0.15, 0.2) is 23.7 Å². The Kier molecular flexibility index (Phi) is 2.88. The molecule has 4 heteroatoms. The van der Waals surface area contributed by atoms with E-state index in [1.807, 2.05) is 19.3 Å². The van der Waals surface area contributed by atoms with E-state index in [-0.39, 0.29) is 6.04 Å². The van der Waals surface area contributed by atoms with E-state index in [2.05, 4.69) is 23.5 Å². The number of hydrogen-bond donors (Lipinski definition) is 1. The molecule has 2 heterocycles. The van der Waals surface area contributed by atoms with Crippen molar-refractivity contribution < 1.29 is 0 Å². The van der Waals surface area contributed by atoms with Crippen LogP contribution in [0.2, 0.25) is 0 Å². The lowest BCUT2D eigenvalue weighted by Gasteiger charge is -2.08. The molecule has 1 atom stereocenters. The minimum absolute atomic E-state index is 0.0823. The fourth-order valence-corrected chi connectivity index (χ4v) is 2.66. The van der Waals surface area contributed by atoms with Gasteiger partial charge in [-0.05, 0) is 29.5 Å². The molecule has 0 spiro atoms. The predicted octanol–water partition coefficient (Wildman–Crippen LogP) is 2.09. The summed E-state index contributed by atoms with van der Waals surface area (Å²) in [5.74, 6) is 0. The van der Waals surface area contributed by atoms with Gasteiger partial charge in [0, 0.05) is 18.1 Å². The van der Waals surface area contributed by atoms with Crippen molar-refractivity contribution >= 4 is 11.3 Å². The molecule has 0 aliphatic carbocycles. The van der Waals surface area contributed by atoms with E-state index in [9.17, 15) is 0 Å². The summed E-state index contributed by atoms with van der Waals surface area (Å²) in [6.45, 7) is 2.15. The largest absolute Gasteiger partial charge is 0.318 e. The molecule has 2 rings (SSSR count). The standard InChI is InChI=1S/C11H15N3S/c1-3-8-5-7-15-11(8)10(12)9-4-6-14(2)13-9/h4-7,10H,3,12H2,1-2H3. The molecular formula is C11H15N3S. The van der Waals surface area contributed by atoms with Crippen LogP contribution in [0.4, 0.5) is 0 Å². The van der Waals surface area contributed by atoms with Gasteiger partial charge in [0.25, 0.3) is 0 Å². The second-order valence-electron chi connectivity index (χ2n) is 3.56. The Bertz CT molecular complexity index is 444. The van der Waals surface area contributed by atoms with Gasteiger partial charge >= 0.3 is 0 Å². The third kappa shape index (κ3) is 1.96. The van der Waals surface area contributed by atoms with Gasteiger partial charge in [0.15, 0.2) is 0 Å².